The first-order valence-electron chi connectivity index (χ1n) is 30.6. The average Bonchev–Trinajstić information content (AvgIpc) is 4.31. The third kappa shape index (κ3) is 13.1. The molecule has 0 fully saturated rings. The van der Waals surface area contributed by atoms with Crippen molar-refractivity contribution in [2.24, 2.45) is 0 Å². The molecular formula is C73H86N4O. The van der Waals surface area contributed by atoms with E-state index in [-0.39, 0.29) is 0 Å². The number of aromatic nitrogens is 4. The molecule has 3 unspecified atom stereocenters. The van der Waals surface area contributed by atoms with Crippen molar-refractivity contribution >= 4 is 43.6 Å². The van der Waals surface area contributed by atoms with Crippen LogP contribution in [-0.2, 0) is 13.0 Å². The van der Waals surface area contributed by atoms with Crippen LogP contribution in [0.1, 0.15) is 191 Å². The smallest absolute Gasteiger partial charge is 0.248 e. The van der Waals surface area contributed by atoms with Crippen molar-refractivity contribution in [2.75, 3.05) is 0 Å². The van der Waals surface area contributed by atoms with Gasteiger partial charge in [-0.25, -0.2) is 0 Å². The second-order valence-corrected chi connectivity index (χ2v) is 22.8. The SMILES string of the molecule is CCCCCCCCCCCCn1c2ccccc2c2cc(C(CCC(C)n3c4ccccc4c4ccccc43)CC(CC)c3ccc(-c4ccc(-c5nnc(-c6ccc(CCCCCCCC)cc6)o5)cc4)cc3)ccc21. The van der Waals surface area contributed by atoms with Gasteiger partial charge in [0, 0.05) is 67.3 Å². The van der Waals surface area contributed by atoms with E-state index in [0.717, 1.165) is 49.8 Å². The number of benzene rings is 7. The van der Waals surface area contributed by atoms with Gasteiger partial charge in [-0.1, -0.05) is 220 Å². The molecule has 10 aromatic rings. The molecule has 10 rings (SSSR count). The van der Waals surface area contributed by atoms with E-state index in [1.807, 2.05) is 0 Å². The maximum atomic E-state index is 6.23. The lowest BCUT2D eigenvalue weighted by molar-refractivity contribution is 0.433. The molecule has 0 radical (unpaired) electrons. The molecule has 7 aromatic carbocycles. The Morgan fingerprint density at radius 1 is 0.410 bits per heavy atom. The summed E-state index contributed by atoms with van der Waals surface area (Å²) in [6.45, 7) is 10.5. The van der Waals surface area contributed by atoms with Crippen molar-refractivity contribution < 1.29 is 4.42 Å². The highest BCUT2D eigenvalue weighted by Gasteiger charge is 2.24. The van der Waals surface area contributed by atoms with Gasteiger partial charge in [0.25, 0.3) is 0 Å². The summed E-state index contributed by atoms with van der Waals surface area (Å²) >= 11 is 0. The summed E-state index contributed by atoms with van der Waals surface area (Å²) in [6, 6.07) is 61.7. The normalized spacial score (nSPS) is 13.1. The Bertz CT molecular complexity index is 3370. The lowest BCUT2D eigenvalue weighted by Crippen LogP contribution is -2.11. The zero-order chi connectivity index (χ0) is 53.5. The molecule has 0 aliphatic rings. The van der Waals surface area contributed by atoms with Gasteiger partial charge in [0.15, 0.2) is 0 Å². The van der Waals surface area contributed by atoms with Gasteiger partial charge < -0.3 is 13.6 Å². The second kappa shape index (κ2) is 27.2. The molecule has 78 heavy (non-hydrogen) atoms. The van der Waals surface area contributed by atoms with Gasteiger partial charge in [-0.05, 0) is 146 Å². The van der Waals surface area contributed by atoms with Crippen molar-refractivity contribution in [1.82, 2.24) is 19.3 Å². The first-order chi connectivity index (χ1) is 38.5. The van der Waals surface area contributed by atoms with E-state index in [4.69, 9.17) is 4.42 Å². The molecule has 3 aromatic heterocycles. The van der Waals surface area contributed by atoms with E-state index in [1.54, 1.807) is 0 Å². The highest BCUT2D eigenvalue weighted by molar-refractivity contribution is 6.09. The number of para-hydroxylation sites is 3. The van der Waals surface area contributed by atoms with Crippen molar-refractivity contribution in [3.63, 3.8) is 0 Å². The topological polar surface area (TPSA) is 48.8 Å². The van der Waals surface area contributed by atoms with Crippen LogP contribution in [-0.4, -0.2) is 19.3 Å². The van der Waals surface area contributed by atoms with Crippen molar-refractivity contribution in [1.29, 1.82) is 0 Å². The first-order valence-corrected chi connectivity index (χ1v) is 30.6. The summed E-state index contributed by atoms with van der Waals surface area (Å²) in [6.07, 6.45) is 26.9. The van der Waals surface area contributed by atoms with Crippen LogP contribution in [0.2, 0.25) is 0 Å². The highest BCUT2D eigenvalue weighted by Crippen LogP contribution is 2.41. The summed E-state index contributed by atoms with van der Waals surface area (Å²) in [4.78, 5) is 0. The number of rotatable bonds is 30. The summed E-state index contributed by atoms with van der Waals surface area (Å²) in [5, 5.41) is 14.4. The molecule has 0 saturated carbocycles. The fraction of sp³-hybridized carbons (Fsp3) is 0.397. The summed E-state index contributed by atoms with van der Waals surface area (Å²) in [5.74, 6) is 1.92. The van der Waals surface area contributed by atoms with E-state index in [2.05, 4.69) is 211 Å². The van der Waals surface area contributed by atoms with Gasteiger partial charge in [0.1, 0.15) is 0 Å². The Kier molecular flexibility index (Phi) is 19.1. The Hall–Kier alpha value is -6.72. The third-order valence-corrected chi connectivity index (χ3v) is 17.3. The fourth-order valence-corrected chi connectivity index (χ4v) is 12.8. The van der Waals surface area contributed by atoms with Gasteiger partial charge in [-0.2, -0.15) is 0 Å². The standard InChI is InChI=1S/C73H86N4O/c1-5-8-10-12-14-15-16-17-19-27-51-76-68-32-24-21-31-66(68)67-53-63(49-50-69(67)76)62(38-35-54(4)77-70-33-25-22-29-64(70)65-30-23-26-34-71(65)77)52-56(7-3)57-41-43-58(44-42-57)59-45-47-61(48-46-59)73-75-74-72(78-73)60-39-36-55(37-40-60)28-20-18-13-11-9-6-2/h21-26,29-34,36-37,39-50,53-54,56,62H,5-20,27-28,35,38,51-52H2,1-4H3. The molecular weight excluding hydrogens is 949 g/mol. The maximum absolute atomic E-state index is 6.23. The molecule has 404 valence electrons. The molecule has 0 aliphatic heterocycles. The molecule has 3 atom stereocenters. The number of unbranched alkanes of at least 4 members (excludes halogenated alkanes) is 14. The van der Waals surface area contributed by atoms with E-state index in [9.17, 15) is 0 Å². The van der Waals surface area contributed by atoms with Crippen LogP contribution < -0.4 is 0 Å². The lowest BCUT2D eigenvalue weighted by atomic mass is 9.80. The Morgan fingerprint density at radius 3 is 1.45 bits per heavy atom. The number of hydrogen-bond acceptors (Lipinski definition) is 3. The minimum atomic E-state index is 0.341. The van der Waals surface area contributed by atoms with Gasteiger partial charge in [-0.15, -0.1) is 10.2 Å². The van der Waals surface area contributed by atoms with E-state index < -0.39 is 0 Å². The zero-order valence-corrected chi connectivity index (χ0v) is 47.6. The van der Waals surface area contributed by atoms with Crippen molar-refractivity contribution in [3.8, 4) is 34.0 Å². The van der Waals surface area contributed by atoms with Gasteiger partial charge in [0.2, 0.25) is 11.8 Å². The van der Waals surface area contributed by atoms with Crippen LogP contribution in [0.25, 0.3) is 77.6 Å². The van der Waals surface area contributed by atoms with Crippen LogP contribution in [0.4, 0.5) is 0 Å². The Labute approximate surface area is 466 Å². The van der Waals surface area contributed by atoms with Gasteiger partial charge in [0.05, 0.1) is 0 Å². The monoisotopic (exact) mass is 1030 g/mol. The van der Waals surface area contributed by atoms with Crippen LogP contribution in [0.5, 0.6) is 0 Å². The van der Waals surface area contributed by atoms with E-state index >= 15 is 0 Å². The first kappa shape index (κ1) is 54.6. The van der Waals surface area contributed by atoms with E-state index in [0.29, 0.717) is 29.7 Å². The quantitative estimate of drug-likeness (QED) is 0.0422. The Morgan fingerprint density at radius 2 is 0.872 bits per heavy atom. The lowest BCUT2D eigenvalue weighted by Gasteiger charge is -2.26. The minimum absolute atomic E-state index is 0.341. The summed E-state index contributed by atoms with van der Waals surface area (Å²) < 4.78 is 11.5. The van der Waals surface area contributed by atoms with Crippen molar-refractivity contribution in [2.45, 2.75) is 187 Å². The van der Waals surface area contributed by atoms with Gasteiger partial charge in [-0.3, -0.25) is 0 Å². The van der Waals surface area contributed by atoms with E-state index in [1.165, 1.54) is 174 Å². The largest absolute Gasteiger partial charge is 0.416 e. The van der Waals surface area contributed by atoms with Crippen LogP contribution in [0.3, 0.4) is 0 Å². The number of fused-ring (bicyclic) bond motifs is 6. The highest BCUT2D eigenvalue weighted by atomic mass is 16.4. The number of hydrogen-bond donors (Lipinski definition) is 0. The summed E-state index contributed by atoms with van der Waals surface area (Å²) in [5.41, 5.74) is 13.9. The molecule has 3 heterocycles. The molecule has 0 spiro atoms. The van der Waals surface area contributed by atoms with Crippen molar-refractivity contribution in [3.05, 3.63) is 180 Å². The zero-order valence-electron chi connectivity index (χ0n) is 47.6. The predicted molar refractivity (Wildman–Crippen MR) is 333 cm³/mol. The molecule has 5 heteroatoms. The summed E-state index contributed by atoms with van der Waals surface area (Å²) in [7, 11) is 0. The average molecular weight is 1040 g/mol. The molecule has 0 N–H and O–H groups in total. The molecule has 0 bridgehead atoms. The fourth-order valence-electron chi connectivity index (χ4n) is 12.8. The Balaban J connectivity index is 0.848. The number of aryl methyl sites for hydroxylation is 2. The second-order valence-electron chi connectivity index (χ2n) is 22.8. The van der Waals surface area contributed by atoms with Crippen LogP contribution in [0.15, 0.2) is 168 Å². The van der Waals surface area contributed by atoms with Crippen LogP contribution >= 0.6 is 0 Å². The predicted octanol–water partition coefficient (Wildman–Crippen LogP) is 21.8. The maximum Gasteiger partial charge on any atom is 0.248 e. The third-order valence-electron chi connectivity index (χ3n) is 17.3. The minimum Gasteiger partial charge on any atom is -0.416 e. The molecule has 0 amide bonds. The molecule has 0 aliphatic carbocycles. The molecule has 5 nitrogen and oxygen atoms in total. The number of nitrogens with zero attached hydrogens (tertiary/aromatic N) is 4. The van der Waals surface area contributed by atoms with Crippen LogP contribution in [0, 0.1) is 0 Å². The van der Waals surface area contributed by atoms with Gasteiger partial charge >= 0.3 is 0 Å². The molecule has 0 saturated heterocycles.